The molecular weight excluding hydrogens is 262 g/mol. The minimum Gasteiger partial charge on any atom is -0.492 e. The zero-order valence-electron chi connectivity index (χ0n) is 10.7. The second kappa shape index (κ2) is 6.55. The lowest BCUT2D eigenvalue weighted by Crippen LogP contribution is -2.02. The number of pyridine rings is 1. The summed E-state index contributed by atoms with van der Waals surface area (Å²) in [5, 5.41) is 10.9. The number of nitrogens with zero attached hydrogens (tertiary/aromatic N) is 1. The minimum absolute atomic E-state index is 0.537. The summed E-state index contributed by atoms with van der Waals surface area (Å²) in [6.07, 6.45) is 3.38. The molecule has 0 saturated heterocycles. The number of aromatic nitrogens is 1. The molecule has 100 valence electrons. The molecule has 2 aromatic rings. The average Bonchev–Trinajstić information content (AvgIpc) is 2.45. The van der Waals surface area contributed by atoms with Gasteiger partial charge in [-0.15, -0.1) is 0 Å². The fourth-order valence-corrected chi connectivity index (χ4v) is 2.00. The molecule has 2 rings (SSSR count). The van der Waals surface area contributed by atoms with Crippen molar-refractivity contribution in [1.29, 1.82) is 0 Å². The second-order valence-corrected chi connectivity index (χ2v) is 4.63. The highest BCUT2D eigenvalue weighted by Gasteiger charge is 2.14. The molecule has 0 radical (unpaired) electrons. The quantitative estimate of drug-likeness (QED) is 0.908. The highest BCUT2D eigenvalue weighted by atomic mass is 35.5. The van der Waals surface area contributed by atoms with Gasteiger partial charge < -0.3 is 9.84 Å². The average molecular weight is 278 g/mol. The topological polar surface area (TPSA) is 42.4 Å². The van der Waals surface area contributed by atoms with Crippen LogP contribution >= 0.6 is 11.6 Å². The number of aliphatic hydroxyl groups is 1. The van der Waals surface area contributed by atoms with Gasteiger partial charge in [-0.3, -0.25) is 4.98 Å². The Bertz CT molecular complexity index is 545. The zero-order valence-corrected chi connectivity index (χ0v) is 11.5. The van der Waals surface area contributed by atoms with Crippen LogP contribution in [0.15, 0.2) is 42.7 Å². The van der Waals surface area contributed by atoms with Crippen molar-refractivity contribution < 1.29 is 9.84 Å². The highest BCUT2D eigenvalue weighted by Crippen LogP contribution is 2.29. The number of halogens is 1. The van der Waals surface area contributed by atoms with Crippen molar-refractivity contribution in [2.45, 2.75) is 19.4 Å². The van der Waals surface area contributed by atoms with E-state index in [4.69, 9.17) is 16.3 Å². The van der Waals surface area contributed by atoms with Crippen molar-refractivity contribution in [3.63, 3.8) is 0 Å². The van der Waals surface area contributed by atoms with Gasteiger partial charge in [0, 0.05) is 22.3 Å². The summed E-state index contributed by atoms with van der Waals surface area (Å²) >= 11 is 6.08. The Kier molecular flexibility index (Phi) is 4.77. The molecule has 0 aliphatic rings. The number of rotatable bonds is 5. The first kappa shape index (κ1) is 13.8. The number of benzene rings is 1. The van der Waals surface area contributed by atoms with Gasteiger partial charge in [0.1, 0.15) is 11.9 Å². The van der Waals surface area contributed by atoms with Crippen LogP contribution in [-0.4, -0.2) is 16.7 Å². The van der Waals surface area contributed by atoms with Gasteiger partial charge in [-0.1, -0.05) is 36.7 Å². The van der Waals surface area contributed by atoms with Crippen molar-refractivity contribution in [3.8, 4) is 5.75 Å². The Morgan fingerprint density at radius 1 is 1.32 bits per heavy atom. The monoisotopic (exact) mass is 277 g/mol. The summed E-state index contributed by atoms with van der Waals surface area (Å²) in [5.41, 5.74) is 1.33. The molecule has 0 spiro atoms. The summed E-state index contributed by atoms with van der Waals surface area (Å²) in [6, 6.07) is 9.01. The largest absolute Gasteiger partial charge is 0.492 e. The maximum Gasteiger partial charge on any atom is 0.137 e. The summed E-state index contributed by atoms with van der Waals surface area (Å²) < 4.78 is 5.51. The molecular formula is C15H16ClNO2. The number of hydrogen-bond acceptors (Lipinski definition) is 3. The Morgan fingerprint density at radius 3 is 2.84 bits per heavy atom. The SMILES string of the molecule is CCCOc1cncc(C(O)c2ccccc2Cl)c1. The van der Waals surface area contributed by atoms with Crippen molar-refractivity contribution in [1.82, 2.24) is 4.98 Å². The molecule has 0 fully saturated rings. The Labute approximate surface area is 117 Å². The molecule has 4 heteroatoms. The number of ether oxygens (including phenoxy) is 1. The standard InChI is InChI=1S/C15H16ClNO2/c1-2-7-19-12-8-11(9-17-10-12)15(18)13-5-3-4-6-14(13)16/h3-6,8-10,15,18H,2,7H2,1H3. The van der Waals surface area contributed by atoms with Gasteiger partial charge >= 0.3 is 0 Å². The summed E-state index contributed by atoms with van der Waals surface area (Å²) in [5.74, 6) is 0.658. The first-order chi connectivity index (χ1) is 9.22. The van der Waals surface area contributed by atoms with E-state index in [0.717, 1.165) is 6.42 Å². The second-order valence-electron chi connectivity index (χ2n) is 4.23. The fraction of sp³-hybridized carbons (Fsp3) is 0.267. The van der Waals surface area contributed by atoms with Crippen molar-refractivity contribution in [2.75, 3.05) is 6.61 Å². The minimum atomic E-state index is -0.800. The van der Waals surface area contributed by atoms with E-state index in [1.165, 1.54) is 0 Å². The first-order valence-corrected chi connectivity index (χ1v) is 6.60. The lowest BCUT2D eigenvalue weighted by atomic mass is 10.0. The maximum atomic E-state index is 10.3. The molecule has 1 heterocycles. The molecule has 0 aliphatic heterocycles. The summed E-state index contributed by atoms with van der Waals surface area (Å²) in [4.78, 5) is 4.09. The van der Waals surface area contributed by atoms with Gasteiger partial charge in [0.25, 0.3) is 0 Å². The fourth-order valence-electron chi connectivity index (χ4n) is 1.76. The predicted molar refractivity (Wildman–Crippen MR) is 75.5 cm³/mol. The van der Waals surface area contributed by atoms with Crippen LogP contribution in [0.4, 0.5) is 0 Å². The maximum absolute atomic E-state index is 10.3. The van der Waals surface area contributed by atoms with E-state index in [0.29, 0.717) is 28.5 Å². The molecule has 0 aliphatic carbocycles. The molecule has 1 unspecified atom stereocenters. The Morgan fingerprint density at radius 2 is 2.11 bits per heavy atom. The van der Waals surface area contributed by atoms with E-state index in [2.05, 4.69) is 4.98 Å². The molecule has 1 N–H and O–H groups in total. The van der Waals surface area contributed by atoms with Crippen molar-refractivity contribution in [3.05, 3.63) is 58.9 Å². The molecule has 19 heavy (non-hydrogen) atoms. The van der Waals surface area contributed by atoms with Crippen LogP contribution in [0.25, 0.3) is 0 Å². The number of aliphatic hydroxyl groups excluding tert-OH is 1. The van der Waals surface area contributed by atoms with Gasteiger partial charge in [-0.25, -0.2) is 0 Å². The van der Waals surface area contributed by atoms with Gasteiger partial charge in [-0.05, 0) is 18.6 Å². The normalized spacial score (nSPS) is 12.2. The zero-order chi connectivity index (χ0) is 13.7. The van der Waals surface area contributed by atoms with Crippen LogP contribution in [0.5, 0.6) is 5.75 Å². The number of hydrogen-bond donors (Lipinski definition) is 1. The van der Waals surface area contributed by atoms with E-state index in [-0.39, 0.29) is 0 Å². The third-order valence-corrected chi connectivity index (χ3v) is 3.07. The third kappa shape index (κ3) is 3.46. The summed E-state index contributed by atoms with van der Waals surface area (Å²) in [7, 11) is 0. The Hall–Kier alpha value is -1.58. The molecule has 0 bridgehead atoms. The van der Waals surface area contributed by atoms with Crippen LogP contribution in [-0.2, 0) is 0 Å². The Balaban J connectivity index is 2.24. The highest BCUT2D eigenvalue weighted by molar-refractivity contribution is 6.31. The first-order valence-electron chi connectivity index (χ1n) is 6.22. The van der Waals surface area contributed by atoms with E-state index in [1.807, 2.05) is 19.1 Å². The molecule has 3 nitrogen and oxygen atoms in total. The third-order valence-electron chi connectivity index (χ3n) is 2.72. The van der Waals surface area contributed by atoms with Gasteiger partial charge in [0.2, 0.25) is 0 Å². The molecule has 1 atom stereocenters. The molecule has 1 aromatic heterocycles. The van der Waals surface area contributed by atoms with E-state index in [1.54, 1.807) is 30.6 Å². The smallest absolute Gasteiger partial charge is 0.137 e. The van der Waals surface area contributed by atoms with Crippen LogP contribution < -0.4 is 4.74 Å². The predicted octanol–water partition coefficient (Wildman–Crippen LogP) is 3.61. The lowest BCUT2D eigenvalue weighted by Gasteiger charge is -2.13. The van der Waals surface area contributed by atoms with E-state index in [9.17, 15) is 5.11 Å². The van der Waals surface area contributed by atoms with Gasteiger partial charge in [0.15, 0.2) is 0 Å². The lowest BCUT2D eigenvalue weighted by molar-refractivity contribution is 0.219. The molecule has 1 aromatic carbocycles. The van der Waals surface area contributed by atoms with Crippen molar-refractivity contribution in [2.24, 2.45) is 0 Å². The van der Waals surface area contributed by atoms with Crippen LogP contribution in [0, 0.1) is 0 Å². The van der Waals surface area contributed by atoms with Gasteiger partial charge in [-0.2, -0.15) is 0 Å². The van der Waals surface area contributed by atoms with E-state index >= 15 is 0 Å². The van der Waals surface area contributed by atoms with Crippen molar-refractivity contribution >= 4 is 11.6 Å². The van der Waals surface area contributed by atoms with E-state index < -0.39 is 6.10 Å². The van der Waals surface area contributed by atoms with Crippen LogP contribution in [0.2, 0.25) is 5.02 Å². The molecule has 0 saturated carbocycles. The summed E-state index contributed by atoms with van der Waals surface area (Å²) in [6.45, 7) is 2.67. The molecule has 0 amide bonds. The van der Waals surface area contributed by atoms with Crippen LogP contribution in [0.1, 0.15) is 30.6 Å². The van der Waals surface area contributed by atoms with Crippen LogP contribution in [0.3, 0.4) is 0 Å². The van der Waals surface area contributed by atoms with Gasteiger partial charge in [0.05, 0.1) is 12.8 Å².